The minimum absolute atomic E-state index is 0.241. The van der Waals surface area contributed by atoms with Crippen molar-refractivity contribution in [1.82, 2.24) is 0 Å². The van der Waals surface area contributed by atoms with Crippen LogP contribution in [0.25, 0.3) is 6.08 Å². The van der Waals surface area contributed by atoms with Gasteiger partial charge in [0.05, 0.1) is 14.4 Å². The van der Waals surface area contributed by atoms with Gasteiger partial charge in [0, 0.05) is 8.45 Å². The number of hydrogen-bond acceptors (Lipinski definition) is 4. The maximum absolute atomic E-state index is 11.9. The molecule has 0 N–H and O–H groups in total. The van der Waals surface area contributed by atoms with Gasteiger partial charge in [0.1, 0.15) is 0 Å². The van der Waals surface area contributed by atoms with Gasteiger partial charge in [0.2, 0.25) is 5.90 Å². The van der Waals surface area contributed by atoms with E-state index in [1.807, 2.05) is 24.3 Å². The number of carbonyl (C=O) groups is 1. The van der Waals surface area contributed by atoms with Crippen LogP contribution in [-0.2, 0) is 9.53 Å². The van der Waals surface area contributed by atoms with Crippen molar-refractivity contribution in [2.45, 2.75) is 0 Å². The number of rotatable bonds is 2. The predicted molar refractivity (Wildman–Crippen MR) is 96.8 cm³/mol. The van der Waals surface area contributed by atoms with Crippen molar-refractivity contribution in [3.8, 4) is 0 Å². The Hall–Kier alpha value is -0.700. The average Bonchev–Trinajstić information content (AvgIpc) is 3.00. The smallest absolute Gasteiger partial charge is 0.363 e. The Morgan fingerprint density at radius 1 is 1.33 bits per heavy atom. The molecule has 2 heterocycles. The molecule has 1 aliphatic rings. The molecule has 0 spiro atoms. The maximum Gasteiger partial charge on any atom is 0.363 e. The molecule has 0 bridgehead atoms. The zero-order chi connectivity index (χ0) is 15.0. The topological polar surface area (TPSA) is 38.7 Å². The van der Waals surface area contributed by atoms with E-state index in [4.69, 9.17) is 16.3 Å². The number of carbonyl (C=O) groups excluding carboxylic acids is 1. The zero-order valence-corrected chi connectivity index (χ0v) is 15.6. The van der Waals surface area contributed by atoms with Crippen LogP contribution in [0, 0.1) is 3.57 Å². The Bertz CT molecular complexity index is 800. The molecule has 7 heteroatoms. The highest BCUT2D eigenvalue weighted by Crippen LogP contribution is 2.28. The van der Waals surface area contributed by atoms with E-state index in [0.29, 0.717) is 10.6 Å². The van der Waals surface area contributed by atoms with Gasteiger partial charge in [0.15, 0.2) is 5.70 Å². The lowest BCUT2D eigenvalue weighted by Gasteiger charge is -2.02. The van der Waals surface area contributed by atoms with E-state index >= 15 is 0 Å². The number of hydrogen-bond donors (Lipinski definition) is 0. The highest BCUT2D eigenvalue weighted by atomic mass is 127. The van der Waals surface area contributed by atoms with Crippen molar-refractivity contribution in [1.29, 1.82) is 0 Å². The van der Waals surface area contributed by atoms with E-state index in [2.05, 4.69) is 43.5 Å². The van der Waals surface area contributed by atoms with Gasteiger partial charge in [-0.2, -0.15) is 0 Å². The number of benzene rings is 1. The van der Waals surface area contributed by atoms with Gasteiger partial charge in [0.25, 0.3) is 0 Å². The fraction of sp³-hybridized carbons (Fsp3) is 0. The highest BCUT2D eigenvalue weighted by molar-refractivity contribution is 14.1. The molecule has 1 aromatic heterocycles. The number of esters is 1. The number of nitrogens with zero attached hydrogens (tertiary/aromatic N) is 1. The van der Waals surface area contributed by atoms with Gasteiger partial charge in [-0.1, -0.05) is 11.6 Å². The van der Waals surface area contributed by atoms with E-state index in [9.17, 15) is 4.79 Å². The quantitative estimate of drug-likeness (QED) is 0.331. The van der Waals surface area contributed by atoms with Crippen LogP contribution in [0.3, 0.4) is 0 Å². The number of aliphatic imine (C=N–C) groups is 1. The molecule has 0 saturated heterocycles. The third kappa shape index (κ3) is 3.39. The van der Waals surface area contributed by atoms with Crippen LogP contribution in [0.15, 0.2) is 44.8 Å². The maximum atomic E-state index is 11.9. The summed E-state index contributed by atoms with van der Waals surface area (Å²) in [5.41, 5.74) is 0.891. The van der Waals surface area contributed by atoms with Gasteiger partial charge < -0.3 is 4.74 Å². The Morgan fingerprint density at radius 2 is 2.14 bits per heavy atom. The van der Waals surface area contributed by atoms with Gasteiger partial charge in [-0.05, 0) is 74.9 Å². The fourth-order valence-electron chi connectivity index (χ4n) is 1.73. The largest absolute Gasteiger partial charge is 0.402 e. The average molecular weight is 495 g/mol. The summed E-state index contributed by atoms with van der Waals surface area (Å²) >= 11 is 13.2. The van der Waals surface area contributed by atoms with Crippen molar-refractivity contribution in [2.75, 3.05) is 0 Å². The first kappa shape index (κ1) is 15.2. The second-order valence-corrected chi connectivity index (χ2v) is 8.25. The number of cyclic esters (lactones) is 1. The van der Waals surface area contributed by atoms with Crippen LogP contribution in [0.4, 0.5) is 0 Å². The molecule has 3 nitrogen and oxygen atoms in total. The summed E-state index contributed by atoms with van der Waals surface area (Å²) in [6.45, 7) is 0. The second-order valence-electron chi connectivity index (χ2n) is 4.10. The monoisotopic (exact) mass is 493 g/mol. The molecule has 0 amide bonds. The summed E-state index contributed by atoms with van der Waals surface area (Å²) in [6, 6.07) is 9.29. The Labute approximate surface area is 151 Å². The first-order valence-corrected chi connectivity index (χ1v) is 8.83. The van der Waals surface area contributed by atoms with Crippen molar-refractivity contribution >= 4 is 79.4 Å². The summed E-state index contributed by atoms with van der Waals surface area (Å²) in [4.78, 5) is 17.1. The molecule has 0 saturated carbocycles. The Balaban J connectivity index is 1.99. The van der Waals surface area contributed by atoms with Gasteiger partial charge in [-0.15, -0.1) is 11.3 Å². The van der Waals surface area contributed by atoms with Gasteiger partial charge >= 0.3 is 5.97 Å². The van der Waals surface area contributed by atoms with E-state index in [0.717, 1.165) is 12.2 Å². The molecule has 0 fully saturated rings. The summed E-state index contributed by atoms with van der Waals surface area (Å²) in [6.07, 6.45) is 1.70. The fourth-order valence-corrected chi connectivity index (χ4v) is 3.78. The van der Waals surface area contributed by atoms with Crippen molar-refractivity contribution < 1.29 is 9.53 Å². The molecule has 21 heavy (non-hydrogen) atoms. The summed E-state index contributed by atoms with van der Waals surface area (Å²) in [5, 5.41) is 0.502. The third-order valence-corrected chi connectivity index (χ3v) is 5.22. The number of halogens is 3. The van der Waals surface area contributed by atoms with Crippen LogP contribution in [0.5, 0.6) is 0 Å². The Kier molecular flexibility index (Phi) is 4.49. The van der Waals surface area contributed by atoms with Crippen molar-refractivity contribution in [3.63, 3.8) is 0 Å². The minimum Gasteiger partial charge on any atom is -0.402 e. The summed E-state index contributed by atoms with van der Waals surface area (Å²) in [5.74, 6) is -0.227. The normalized spacial score (nSPS) is 16.2. The number of thiophene rings is 1. The lowest BCUT2D eigenvalue weighted by molar-refractivity contribution is -0.129. The molecule has 1 aromatic carbocycles. The third-order valence-electron chi connectivity index (χ3n) is 2.65. The van der Waals surface area contributed by atoms with Crippen LogP contribution >= 0.6 is 61.5 Å². The second kappa shape index (κ2) is 6.20. The standard InChI is InChI=1S/C14H6BrClINO2S/c15-12-4-2-8(21-12)6-11-14(19)20-13(18-11)9-5-7(17)1-3-10(9)16/h1-6H/b11-6-. The molecule has 0 aliphatic carbocycles. The van der Waals surface area contributed by atoms with Crippen LogP contribution in [0.2, 0.25) is 5.02 Å². The molecule has 2 aromatic rings. The first-order chi connectivity index (χ1) is 10.0. The molecule has 1 aliphatic heterocycles. The van der Waals surface area contributed by atoms with Crippen molar-refractivity contribution in [3.05, 3.63) is 58.8 Å². The van der Waals surface area contributed by atoms with Crippen LogP contribution in [-0.4, -0.2) is 11.9 Å². The minimum atomic E-state index is -0.468. The van der Waals surface area contributed by atoms with Gasteiger partial charge in [-0.3, -0.25) is 0 Å². The molecule has 3 rings (SSSR count). The molecule has 0 atom stereocenters. The molecular weight excluding hydrogens is 488 g/mol. The predicted octanol–water partition coefficient (Wildman–Crippen LogP) is 5.11. The molecular formula is C14H6BrClINO2S. The SMILES string of the molecule is O=C1OC(c2cc(I)ccc2Cl)=N/C1=C\c1ccc(Br)s1. The van der Waals surface area contributed by atoms with E-state index in [1.165, 1.54) is 11.3 Å². The first-order valence-electron chi connectivity index (χ1n) is 5.76. The van der Waals surface area contributed by atoms with Crippen molar-refractivity contribution in [2.24, 2.45) is 4.99 Å². The number of ether oxygens (including phenoxy) is 1. The van der Waals surface area contributed by atoms with E-state index in [-0.39, 0.29) is 11.6 Å². The lowest BCUT2D eigenvalue weighted by atomic mass is 10.2. The summed E-state index contributed by atoms with van der Waals surface area (Å²) in [7, 11) is 0. The zero-order valence-electron chi connectivity index (χ0n) is 10.3. The van der Waals surface area contributed by atoms with Crippen LogP contribution < -0.4 is 0 Å². The Morgan fingerprint density at radius 3 is 2.86 bits per heavy atom. The molecule has 0 radical (unpaired) electrons. The van der Waals surface area contributed by atoms with E-state index < -0.39 is 5.97 Å². The lowest BCUT2D eigenvalue weighted by Crippen LogP contribution is -2.06. The molecule has 106 valence electrons. The van der Waals surface area contributed by atoms with E-state index in [1.54, 1.807) is 12.1 Å². The summed E-state index contributed by atoms with van der Waals surface area (Å²) < 4.78 is 7.21. The van der Waals surface area contributed by atoms with Gasteiger partial charge in [-0.25, -0.2) is 9.79 Å². The van der Waals surface area contributed by atoms with Crippen LogP contribution in [0.1, 0.15) is 10.4 Å². The highest BCUT2D eigenvalue weighted by Gasteiger charge is 2.25. The molecule has 0 unspecified atom stereocenters.